The fourth-order valence-electron chi connectivity index (χ4n) is 2.43. The van der Waals surface area contributed by atoms with Crippen molar-refractivity contribution in [3.05, 3.63) is 52.6 Å². The minimum Gasteiger partial charge on any atom is -0.293 e. The van der Waals surface area contributed by atoms with Gasteiger partial charge in [-0.15, -0.1) is 0 Å². The molecule has 0 heterocycles. The average molecular weight is 275 g/mol. The minimum absolute atomic E-state index is 0.0233. The molecule has 2 heteroatoms. The van der Waals surface area contributed by atoms with Gasteiger partial charge in [0.05, 0.1) is 5.03 Å². The van der Waals surface area contributed by atoms with Crippen LogP contribution in [-0.4, -0.2) is 5.78 Å². The summed E-state index contributed by atoms with van der Waals surface area (Å²) in [4.78, 5) is 12.3. The van der Waals surface area contributed by atoms with Crippen LogP contribution in [0.3, 0.4) is 0 Å². The monoisotopic (exact) mass is 274 g/mol. The molecule has 1 nitrogen and oxygen atoms in total. The molecule has 1 aliphatic rings. The molecule has 0 aliphatic heterocycles. The van der Waals surface area contributed by atoms with Crippen LogP contribution in [0, 0.1) is 11.8 Å². The van der Waals surface area contributed by atoms with Gasteiger partial charge in [0.1, 0.15) is 0 Å². The van der Waals surface area contributed by atoms with Crippen LogP contribution in [0.4, 0.5) is 0 Å². The van der Waals surface area contributed by atoms with Crippen LogP contribution in [0.5, 0.6) is 0 Å². The van der Waals surface area contributed by atoms with E-state index in [0.29, 0.717) is 11.0 Å². The Balaban J connectivity index is 2.58. The second-order valence-electron chi connectivity index (χ2n) is 5.38. The first-order chi connectivity index (χ1) is 9.00. The quantitative estimate of drug-likeness (QED) is 0.717. The summed E-state index contributed by atoms with van der Waals surface area (Å²) in [6.45, 7) is 6.24. The Hall–Kier alpha value is -1.34. The van der Waals surface area contributed by atoms with Crippen molar-refractivity contribution in [3.63, 3.8) is 0 Å². The molecule has 2 atom stereocenters. The number of hydrogen-bond acceptors (Lipinski definition) is 1. The van der Waals surface area contributed by atoms with Gasteiger partial charge in [-0.25, -0.2) is 0 Å². The van der Waals surface area contributed by atoms with Crippen LogP contribution < -0.4 is 0 Å². The van der Waals surface area contributed by atoms with Gasteiger partial charge in [0.25, 0.3) is 0 Å². The molecule has 2 rings (SSSR count). The number of allylic oxidation sites excluding steroid dienone is 4. The van der Waals surface area contributed by atoms with Crippen LogP contribution in [0.1, 0.15) is 32.8 Å². The Kier molecular flexibility index (Phi) is 4.26. The first-order valence-electron chi connectivity index (χ1n) is 6.68. The summed E-state index contributed by atoms with van der Waals surface area (Å²) in [5.74, 6) is 0.434. The van der Waals surface area contributed by atoms with E-state index in [2.05, 4.69) is 19.9 Å². The highest BCUT2D eigenvalue weighted by Crippen LogP contribution is 2.33. The molecule has 0 N–H and O–H groups in total. The first-order valence-corrected chi connectivity index (χ1v) is 7.06. The number of carbonyl (C=O) groups excluding carboxylic acids is 1. The van der Waals surface area contributed by atoms with E-state index in [0.717, 1.165) is 17.6 Å². The Morgan fingerprint density at radius 1 is 1.11 bits per heavy atom. The molecule has 1 aromatic rings. The van der Waals surface area contributed by atoms with Crippen molar-refractivity contribution in [2.24, 2.45) is 11.8 Å². The number of rotatable bonds is 1. The van der Waals surface area contributed by atoms with Crippen molar-refractivity contribution < 1.29 is 4.79 Å². The molecule has 0 amide bonds. The van der Waals surface area contributed by atoms with Gasteiger partial charge in [0.15, 0.2) is 5.78 Å². The van der Waals surface area contributed by atoms with Crippen LogP contribution in [0.2, 0.25) is 0 Å². The summed E-state index contributed by atoms with van der Waals surface area (Å²) in [5, 5.41) is 0.366. The molecule has 0 fully saturated rings. The Labute approximate surface area is 120 Å². The van der Waals surface area contributed by atoms with Gasteiger partial charge in [-0.3, -0.25) is 4.79 Å². The molecule has 1 aromatic carbocycles. The highest BCUT2D eigenvalue weighted by atomic mass is 35.5. The fraction of sp³-hybridized carbons (Fsp3) is 0.353. The lowest BCUT2D eigenvalue weighted by Gasteiger charge is -2.22. The zero-order chi connectivity index (χ0) is 14.0. The van der Waals surface area contributed by atoms with Crippen molar-refractivity contribution in [3.8, 4) is 0 Å². The number of ketones is 1. The maximum atomic E-state index is 12.3. The molecule has 100 valence electrons. The SMILES string of the molecule is C/C1=C/C(c2ccccc2)=C(/Cl)C(=O)[C@H](C)C[C@H]1C. The van der Waals surface area contributed by atoms with Crippen LogP contribution in [0.15, 0.2) is 47.0 Å². The number of Topliss-reactive ketones (excluding diaryl/α,β-unsaturated/α-hetero) is 1. The molecule has 0 aromatic heterocycles. The third-order valence-corrected chi connectivity index (χ3v) is 4.23. The molecular weight excluding hydrogens is 256 g/mol. The molecule has 0 spiro atoms. The molecule has 0 saturated carbocycles. The summed E-state index contributed by atoms with van der Waals surface area (Å²) in [6, 6.07) is 9.87. The Bertz CT molecular complexity index is 538. The molecule has 19 heavy (non-hydrogen) atoms. The average Bonchev–Trinajstić information content (AvgIpc) is 2.42. The third-order valence-electron chi connectivity index (χ3n) is 3.84. The van der Waals surface area contributed by atoms with Crippen LogP contribution in [-0.2, 0) is 4.79 Å². The summed E-state index contributed by atoms with van der Waals surface area (Å²) in [5.41, 5.74) is 3.13. The maximum absolute atomic E-state index is 12.3. The second-order valence-corrected chi connectivity index (χ2v) is 5.76. The zero-order valence-electron chi connectivity index (χ0n) is 11.6. The first kappa shape index (κ1) is 14.1. The molecule has 1 aliphatic carbocycles. The molecule has 0 unspecified atom stereocenters. The van der Waals surface area contributed by atoms with Crippen molar-refractivity contribution in [2.75, 3.05) is 0 Å². The second kappa shape index (κ2) is 5.75. The largest absolute Gasteiger partial charge is 0.293 e. The molecule has 0 bridgehead atoms. The van der Waals surface area contributed by atoms with E-state index in [1.807, 2.05) is 37.3 Å². The van der Waals surface area contributed by atoms with E-state index >= 15 is 0 Å². The summed E-state index contributed by atoms with van der Waals surface area (Å²) in [7, 11) is 0. The predicted molar refractivity (Wildman–Crippen MR) is 80.9 cm³/mol. The highest BCUT2D eigenvalue weighted by molar-refractivity contribution is 6.46. The summed E-state index contributed by atoms with van der Waals surface area (Å²) < 4.78 is 0. The van der Waals surface area contributed by atoms with Crippen molar-refractivity contribution in [2.45, 2.75) is 27.2 Å². The van der Waals surface area contributed by atoms with E-state index in [1.165, 1.54) is 5.57 Å². The van der Waals surface area contributed by atoms with Gasteiger partial charge in [-0.2, -0.15) is 0 Å². The number of benzene rings is 1. The van der Waals surface area contributed by atoms with Crippen LogP contribution >= 0.6 is 11.6 Å². The Morgan fingerprint density at radius 2 is 1.74 bits per heavy atom. The van der Waals surface area contributed by atoms with Crippen molar-refractivity contribution in [1.82, 2.24) is 0 Å². The predicted octanol–water partition coefficient (Wildman–Crippen LogP) is 4.83. The lowest BCUT2D eigenvalue weighted by molar-refractivity contribution is -0.118. The highest BCUT2D eigenvalue weighted by Gasteiger charge is 2.24. The molecule has 0 saturated heterocycles. The van der Waals surface area contributed by atoms with Crippen molar-refractivity contribution in [1.29, 1.82) is 0 Å². The van der Waals surface area contributed by atoms with Gasteiger partial charge in [0, 0.05) is 11.5 Å². The lowest BCUT2D eigenvalue weighted by atomic mass is 9.84. The third kappa shape index (κ3) is 2.98. The lowest BCUT2D eigenvalue weighted by Crippen LogP contribution is -2.18. The number of halogens is 1. The van der Waals surface area contributed by atoms with E-state index < -0.39 is 0 Å². The van der Waals surface area contributed by atoms with Gasteiger partial charge in [0.2, 0.25) is 0 Å². The van der Waals surface area contributed by atoms with Gasteiger partial charge < -0.3 is 0 Å². The Morgan fingerprint density at radius 3 is 2.37 bits per heavy atom. The normalized spacial score (nSPS) is 31.4. The van der Waals surface area contributed by atoms with Gasteiger partial charge >= 0.3 is 0 Å². The van der Waals surface area contributed by atoms with Crippen molar-refractivity contribution >= 4 is 23.0 Å². The number of carbonyl (C=O) groups is 1. The van der Waals surface area contributed by atoms with Crippen LogP contribution in [0.25, 0.3) is 5.57 Å². The molecular formula is C17H19ClO. The van der Waals surface area contributed by atoms with E-state index in [1.54, 1.807) is 0 Å². The van der Waals surface area contributed by atoms with E-state index in [4.69, 9.17) is 11.6 Å². The van der Waals surface area contributed by atoms with E-state index in [9.17, 15) is 4.79 Å². The number of hydrogen-bond donors (Lipinski definition) is 0. The van der Waals surface area contributed by atoms with Gasteiger partial charge in [-0.05, 0) is 24.8 Å². The molecule has 0 radical (unpaired) electrons. The summed E-state index contributed by atoms with van der Waals surface area (Å²) >= 11 is 6.34. The van der Waals surface area contributed by atoms with E-state index in [-0.39, 0.29) is 11.7 Å². The smallest absolute Gasteiger partial charge is 0.177 e. The topological polar surface area (TPSA) is 17.1 Å². The van der Waals surface area contributed by atoms with Gasteiger partial charge in [-0.1, -0.05) is 67.4 Å². The summed E-state index contributed by atoms with van der Waals surface area (Å²) in [6.07, 6.45) is 2.92. The standard InChI is InChI=1S/C17H19ClO/c1-11-9-13(3)17(19)16(18)15(10-12(11)2)14-7-5-4-6-8-14/h4-8,10-11,13H,9H2,1-3H3/b12-10-,16-15-/t11-,13-/m1/s1. The fourth-order valence-corrected chi connectivity index (χ4v) is 2.78. The minimum atomic E-state index is -0.0233. The zero-order valence-corrected chi connectivity index (χ0v) is 12.4. The maximum Gasteiger partial charge on any atom is 0.177 e.